The van der Waals surface area contributed by atoms with Crippen LogP contribution in [0.5, 0.6) is 0 Å². The molecule has 1 rings (SSSR count). The van der Waals surface area contributed by atoms with Gasteiger partial charge >= 0.3 is 5.97 Å². The first kappa shape index (κ1) is 14.4. The molecule has 1 aromatic carbocycles. The third-order valence-corrected chi connectivity index (χ3v) is 2.80. The van der Waals surface area contributed by atoms with Gasteiger partial charge in [0.15, 0.2) is 12.4 Å². The highest BCUT2D eigenvalue weighted by Gasteiger charge is 2.12. The van der Waals surface area contributed by atoms with E-state index < -0.39 is 5.97 Å². The minimum atomic E-state index is -0.445. The van der Waals surface area contributed by atoms with Crippen molar-refractivity contribution in [2.24, 2.45) is 5.92 Å². The molecular formula is C15H20O3. The van der Waals surface area contributed by atoms with Gasteiger partial charge in [0, 0.05) is 5.92 Å². The molecule has 0 aliphatic carbocycles. The summed E-state index contributed by atoms with van der Waals surface area (Å²) in [5.74, 6) is -0.194. The first-order valence-electron chi connectivity index (χ1n) is 6.21. The number of esters is 1. The molecular weight excluding hydrogens is 228 g/mol. The fraction of sp³-hybridized carbons (Fsp3) is 0.467. The molecule has 0 bridgehead atoms. The maximum absolute atomic E-state index is 11.7. The molecule has 1 aromatic rings. The minimum absolute atomic E-state index is 0.0675. The molecule has 3 heteroatoms. The maximum Gasteiger partial charge on any atom is 0.338 e. The molecule has 0 heterocycles. The highest BCUT2D eigenvalue weighted by molar-refractivity contribution is 5.91. The van der Waals surface area contributed by atoms with Gasteiger partial charge in [-0.25, -0.2) is 4.79 Å². The zero-order valence-corrected chi connectivity index (χ0v) is 11.4. The van der Waals surface area contributed by atoms with E-state index in [2.05, 4.69) is 13.8 Å². The predicted molar refractivity (Wildman–Crippen MR) is 70.7 cm³/mol. The standard InChI is InChI=1S/C15H20O3/c1-10(2)12-5-7-13(8-6-12)15(17)18-9-14(16)11(3)4/h5-8,10-11H,9H2,1-4H3. The van der Waals surface area contributed by atoms with Gasteiger partial charge in [0.05, 0.1) is 5.56 Å². The van der Waals surface area contributed by atoms with Crippen LogP contribution in [0.4, 0.5) is 0 Å². The summed E-state index contributed by atoms with van der Waals surface area (Å²) in [7, 11) is 0. The van der Waals surface area contributed by atoms with Crippen molar-refractivity contribution < 1.29 is 14.3 Å². The number of ketones is 1. The number of rotatable bonds is 5. The smallest absolute Gasteiger partial charge is 0.338 e. The Morgan fingerprint density at radius 2 is 1.61 bits per heavy atom. The number of Topliss-reactive ketones (excluding diaryl/α,β-unsaturated/α-hetero) is 1. The summed E-state index contributed by atoms with van der Waals surface area (Å²) < 4.78 is 4.96. The summed E-state index contributed by atoms with van der Waals surface area (Å²) in [4.78, 5) is 23.0. The van der Waals surface area contributed by atoms with Gasteiger partial charge in [0.25, 0.3) is 0 Å². The van der Waals surface area contributed by atoms with E-state index in [1.807, 2.05) is 12.1 Å². The largest absolute Gasteiger partial charge is 0.454 e. The molecule has 0 aliphatic rings. The van der Waals surface area contributed by atoms with Crippen molar-refractivity contribution in [2.45, 2.75) is 33.6 Å². The lowest BCUT2D eigenvalue weighted by molar-refractivity contribution is -0.125. The van der Waals surface area contributed by atoms with E-state index in [-0.39, 0.29) is 18.3 Å². The van der Waals surface area contributed by atoms with Gasteiger partial charge in [-0.3, -0.25) is 4.79 Å². The van der Waals surface area contributed by atoms with Crippen LogP contribution in [0.25, 0.3) is 0 Å². The average molecular weight is 248 g/mol. The van der Waals surface area contributed by atoms with Crippen LogP contribution >= 0.6 is 0 Å². The molecule has 0 amide bonds. The zero-order chi connectivity index (χ0) is 13.7. The molecule has 18 heavy (non-hydrogen) atoms. The van der Waals surface area contributed by atoms with E-state index >= 15 is 0 Å². The van der Waals surface area contributed by atoms with E-state index in [4.69, 9.17) is 4.74 Å². The van der Waals surface area contributed by atoms with Crippen LogP contribution in [0.15, 0.2) is 24.3 Å². The normalized spacial score (nSPS) is 10.8. The fourth-order valence-electron chi connectivity index (χ4n) is 1.39. The molecule has 98 valence electrons. The van der Waals surface area contributed by atoms with Crippen molar-refractivity contribution in [1.82, 2.24) is 0 Å². The van der Waals surface area contributed by atoms with Crippen LogP contribution in [0.2, 0.25) is 0 Å². The number of carbonyl (C=O) groups excluding carboxylic acids is 2. The van der Waals surface area contributed by atoms with Crippen molar-refractivity contribution >= 4 is 11.8 Å². The monoisotopic (exact) mass is 248 g/mol. The first-order chi connectivity index (χ1) is 8.41. The second-order valence-corrected chi connectivity index (χ2v) is 4.97. The van der Waals surface area contributed by atoms with Gasteiger partial charge in [-0.2, -0.15) is 0 Å². The SMILES string of the molecule is CC(C)C(=O)COC(=O)c1ccc(C(C)C)cc1. The molecule has 0 saturated carbocycles. The van der Waals surface area contributed by atoms with Crippen LogP contribution in [-0.4, -0.2) is 18.4 Å². The Labute approximate surface area is 108 Å². The first-order valence-corrected chi connectivity index (χ1v) is 6.21. The Morgan fingerprint density at radius 1 is 1.06 bits per heavy atom. The average Bonchev–Trinajstić information content (AvgIpc) is 2.35. The maximum atomic E-state index is 11.7. The predicted octanol–water partition coefficient (Wildman–Crippen LogP) is 3.19. The van der Waals surface area contributed by atoms with Crippen molar-refractivity contribution in [3.05, 3.63) is 35.4 Å². The van der Waals surface area contributed by atoms with Crippen molar-refractivity contribution in [3.63, 3.8) is 0 Å². The van der Waals surface area contributed by atoms with E-state index in [1.54, 1.807) is 26.0 Å². The van der Waals surface area contributed by atoms with Gasteiger partial charge in [0.1, 0.15) is 0 Å². The minimum Gasteiger partial charge on any atom is -0.454 e. The van der Waals surface area contributed by atoms with Crippen molar-refractivity contribution in [1.29, 1.82) is 0 Å². The van der Waals surface area contributed by atoms with Crippen LogP contribution in [0.3, 0.4) is 0 Å². The Balaban J connectivity index is 2.59. The van der Waals surface area contributed by atoms with Gasteiger partial charge < -0.3 is 4.74 Å². The second-order valence-electron chi connectivity index (χ2n) is 4.97. The summed E-state index contributed by atoms with van der Waals surface area (Å²) in [6.07, 6.45) is 0. The van der Waals surface area contributed by atoms with Crippen molar-refractivity contribution in [3.8, 4) is 0 Å². The quantitative estimate of drug-likeness (QED) is 0.751. The molecule has 0 unspecified atom stereocenters. The van der Waals surface area contributed by atoms with Crippen LogP contribution in [0, 0.1) is 5.92 Å². The van der Waals surface area contributed by atoms with E-state index in [9.17, 15) is 9.59 Å². The van der Waals surface area contributed by atoms with Gasteiger partial charge in [-0.05, 0) is 23.6 Å². The number of hydrogen-bond acceptors (Lipinski definition) is 3. The lowest BCUT2D eigenvalue weighted by atomic mass is 10.0. The van der Waals surface area contributed by atoms with E-state index in [0.29, 0.717) is 11.5 Å². The van der Waals surface area contributed by atoms with Crippen LogP contribution < -0.4 is 0 Å². The highest BCUT2D eigenvalue weighted by atomic mass is 16.5. The molecule has 0 N–H and O–H groups in total. The highest BCUT2D eigenvalue weighted by Crippen LogP contribution is 2.15. The fourth-order valence-corrected chi connectivity index (χ4v) is 1.39. The number of benzene rings is 1. The third kappa shape index (κ3) is 3.99. The van der Waals surface area contributed by atoms with E-state index in [0.717, 1.165) is 0 Å². The van der Waals surface area contributed by atoms with Gasteiger partial charge in [0.2, 0.25) is 0 Å². The molecule has 0 radical (unpaired) electrons. The molecule has 0 aromatic heterocycles. The third-order valence-electron chi connectivity index (χ3n) is 2.80. The van der Waals surface area contributed by atoms with Gasteiger partial charge in [-0.15, -0.1) is 0 Å². The number of hydrogen-bond donors (Lipinski definition) is 0. The van der Waals surface area contributed by atoms with Crippen LogP contribution in [0.1, 0.15) is 49.5 Å². The number of carbonyl (C=O) groups is 2. The lowest BCUT2D eigenvalue weighted by Crippen LogP contribution is -2.18. The topological polar surface area (TPSA) is 43.4 Å². The molecule has 0 saturated heterocycles. The molecule has 0 fully saturated rings. The van der Waals surface area contributed by atoms with E-state index in [1.165, 1.54) is 5.56 Å². The number of ether oxygens (including phenoxy) is 1. The summed E-state index contributed by atoms with van der Waals surface area (Å²) in [6.45, 7) is 7.60. The van der Waals surface area contributed by atoms with Crippen LogP contribution in [-0.2, 0) is 9.53 Å². The summed E-state index contributed by atoms with van der Waals surface area (Å²) in [5, 5.41) is 0. The van der Waals surface area contributed by atoms with Gasteiger partial charge in [-0.1, -0.05) is 39.8 Å². The molecule has 3 nitrogen and oxygen atoms in total. The summed E-state index contributed by atoms with van der Waals surface area (Å²) in [6, 6.07) is 7.28. The Morgan fingerprint density at radius 3 is 2.06 bits per heavy atom. The zero-order valence-electron chi connectivity index (χ0n) is 11.4. The Hall–Kier alpha value is -1.64. The Bertz CT molecular complexity index is 416. The lowest BCUT2D eigenvalue weighted by Gasteiger charge is -2.08. The van der Waals surface area contributed by atoms with Crippen molar-refractivity contribution in [2.75, 3.05) is 6.61 Å². The molecule has 0 aliphatic heterocycles. The molecule has 0 atom stereocenters. The molecule has 0 spiro atoms. The summed E-state index contributed by atoms with van der Waals surface area (Å²) >= 11 is 0. The Kier molecular flexibility index (Phi) is 5.08. The second kappa shape index (κ2) is 6.34. The summed E-state index contributed by atoms with van der Waals surface area (Å²) in [5.41, 5.74) is 1.65.